The SMILES string of the molecule is CCC(=O)CCC1(C(=O)OCc2ccccc2)CCCC1=O. The Morgan fingerprint density at radius 1 is 1.23 bits per heavy atom. The molecule has 0 amide bonds. The molecule has 22 heavy (non-hydrogen) atoms. The van der Waals surface area contributed by atoms with Crippen LogP contribution in [0.2, 0.25) is 0 Å². The van der Waals surface area contributed by atoms with E-state index >= 15 is 0 Å². The third kappa shape index (κ3) is 3.62. The van der Waals surface area contributed by atoms with Gasteiger partial charge in [-0.2, -0.15) is 0 Å². The maximum atomic E-state index is 12.5. The summed E-state index contributed by atoms with van der Waals surface area (Å²) in [5, 5.41) is 0. The van der Waals surface area contributed by atoms with Crippen LogP contribution in [-0.2, 0) is 25.7 Å². The largest absolute Gasteiger partial charge is 0.460 e. The summed E-state index contributed by atoms with van der Waals surface area (Å²) in [5.41, 5.74) is -0.208. The zero-order valence-electron chi connectivity index (χ0n) is 13.0. The van der Waals surface area contributed by atoms with Gasteiger partial charge in [0, 0.05) is 19.3 Å². The standard InChI is InChI=1S/C18H22O4/c1-2-15(19)10-12-18(11-6-9-16(18)20)17(21)22-13-14-7-4-3-5-8-14/h3-5,7-8H,2,6,9-13H2,1H3. The highest BCUT2D eigenvalue weighted by molar-refractivity contribution is 6.05. The lowest BCUT2D eigenvalue weighted by molar-refractivity contribution is -0.161. The maximum Gasteiger partial charge on any atom is 0.319 e. The molecule has 0 heterocycles. The molecule has 0 spiro atoms. The van der Waals surface area contributed by atoms with Gasteiger partial charge in [0.2, 0.25) is 0 Å². The van der Waals surface area contributed by atoms with E-state index in [0.29, 0.717) is 25.7 Å². The van der Waals surface area contributed by atoms with Crippen molar-refractivity contribution in [3.8, 4) is 0 Å². The molecule has 0 aliphatic heterocycles. The van der Waals surface area contributed by atoms with Crippen LogP contribution in [0.5, 0.6) is 0 Å². The highest BCUT2D eigenvalue weighted by Gasteiger charge is 2.49. The summed E-state index contributed by atoms with van der Waals surface area (Å²) in [7, 11) is 0. The first-order valence-electron chi connectivity index (χ1n) is 7.84. The molecule has 0 radical (unpaired) electrons. The monoisotopic (exact) mass is 302 g/mol. The molecule has 2 rings (SSSR count). The summed E-state index contributed by atoms with van der Waals surface area (Å²) in [4.78, 5) is 36.3. The second kappa shape index (κ2) is 7.34. The van der Waals surface area contributed by atoms with Gasteiger partial charge in [-0.25, -0.2) is 0 Å². The molecule has 4 nitrogen and oxygen atoms in total. The Morgan fingerprint density at radius 3 is 2.55 bits per heavy atom. The molecule has 1 aliphatic carbocycles. The number of carbonyl (C=O) groups excluding carboxylic acids is 3. The third-order valence-electron chi connectivity index (χ3n) is 4.37. The van der Waals surface area contributed by atoms with E-state index < -0.39 is 11.4 Å². The van der Waals surface area contributed by atoms with E-state index in [1.807, 2.05) is 30.3 Å². The van der Waals surface area contributed by atoms with Gasteiger partial charge in [-0.3, -0.25) is 14.4 Å². The fraction of sp³-hybridized carbons (Fsp3) is 0.500. The van der Waals surface area contributed by atoms with E-state index in [9.17, 15) is 14.4 Å². The highest BCUT2D eigenvalue weighted by atomic mass is 16.5. The van der Waals surface area contributed by atoms with Crippen molar-refractivity contribution < 1.29 is 19.1 Å². The fourth-order valence-electron chi connectivity index (χ4n) is 2.90. The average molecular weight is 302 g/mol. The first-order chi connectivity index (χ1) is 10.6. The van der Waals surface area contributed by atoms with Crippen molar-refractivity contribution in [1.82, 2.24) is 0 Å². The summed E-state index contributed by atoms with van der Waals surface area (Å²) in [6.45, 7) is 1.95. The van der Waals surface area contributed by atoms with Crippen LogP contribution in [-0.4, -0.2) is 17.5 Å². The predicted molar refractivity (Wildman–Crippen MR) is 82.1 cm³/mol. The number of rotatable bonds is 7. The smallest absolute Gasteiger partial charge is 0.319 e. The van der Waals surface area contributed by atoms with Crippen LogP contribution in [0.25, 0.3) is 0 Å². The van der Waals surface area contributed by atoms with E-state index in [2.05, 4.69) is 0 Å². The summed E-state index contributed by atoms with van der Waals surface area (Å²) in [5.74, 6) is -0.466. The number of hydrogen-bond acceptors (Lipinski definition) is 4. The number of ether oxygens (including phenoxy) is 1. The van der Waals surface area contributed by atoms with Crippen LogP contribution in [0, 0.1) is 5.41 Å². The Kier molecular flexibility index (Phi) is 5.47. The van der Waals surface area contributed by atoms with Crippen molar-refractivity contribution in [2.45, 2.75) is 52.1 Å². The molecule has 118 valence electrons. The molecule has 1 aliphatic rings. The fourth-order valence-corrected chi connectivity index (χ4v) is 2.90. The Hall–Kier alpha value is -1.97. The topological polar surface area (TPSA) is 60.4 Å². The van der Waals surface area contributed by atoms with Crippen molar-refractivity contribution in [2.24, 2.45) is 5.41 Å². The number of carbonyl (C=O) groups is 3. The predicted octanol–water partition coefficient (Wildman–Crippen LogP) is 3.23. The zero-order valence-corrected chi connectivity index (χ0v) is 13.0. The van der Waals surface area contributed by atoms with Gasteiger partial charge in [-0.15, -0.1) is 0 Å². The van der Waals surface area contributed by atoms with Crippen molar-refractivity contribution >= 4 is 17.5 Å². The van der Waals surface area contributed by atoms with Gasteiger partial charge in [-0.1, -0.05) is 37.3 Å². The Bertz CT molecular complexity index is 549. The van der Waals surface area contributed by atoms with Gasteiger partial charge in [-0.05, 0) is 24.8 Å². The van der Waals surface area contributed by atoms with Crippen molar-refractivity contribution in [2.75, 3.05) is 0 Å². The lowest BCUT2D eigenvalue weighted by Crippen LogP contribution is -2.37. The summed E-state index contributed by atoms with van der Waals surface area (Å²) < 4.78 is 5.38. The second-order valence-electron chi connectivity index (χ2n) is 5.81. The van der Waals surface area contributed by atoms with Gasteiger partial charge >= 0.3 is 5.97 Å². The van der Waals surface area contributed by atoms with Crippen molar-refractivity contribution in [1.29, 1.82) is 0 Å². The molecule has 1 aromatic carbocycles. The first kappa shape index (κ1) is 16.4. The molecule has 1 fully saturated rings. The Morgan fingerprint density at radius 2 is 1.95 bits per heavy atom. The van der Waals surface area contributed by atoms with E-state index in [-0.39, 0.29) is 31.0 Å². The van der Waals surface area contributed by atoms with Crippen LogP contribution in [0.4, 0.5) is 0 Å². The lowest BCUT2D eigenvalue weighted by atomic mass is 9.80. The minimum atomic E-state index is -1.10. The van der Waals surface area contributed by atoms with E-state index in [4.69, 9.17) is 4.74 Å². The van der Waals surface area contributed by atoms with Gasteiger partial charge in [0.25, 0.3) is 0 Å². The molecule has 1 unspecified atom stereocenters. The average Bonchev–Trinajstić information content (AvgIpc) is 2.93. The number of benzene rings is 1. The normalized spacial score (nSPS) is 20.9. The van der Waals surface area contributed by atoms with Crippen molar-refractivity contribution in [3.05, 3.63) is 35.9 Å². The van der Waals surface area contributed by atoms with E-state index in [1.54, 1.807) is 6.92 Å². The second-order valence-corrected chi connectivity index (χ2v) is 5.81. The van der Waals surface area contributed by atoms with Crippen LogP contribution in [0.15, 0.2) is 30.3 Å². The minimum absolute atomic E-state index is 0.0746. The molecule has 0 N–H and O–H groups in total. The molecule has 0 bridgehead atoms. The molecular formula is C18H22O4. The van der Waals surface area contributed by atoms with Crippen LogP contribution >= 0.6 is 0 Å². The van der Waals surface area contributed by atoms with Crippen molar-refractivity contribution in [3.63, 3.8) is 0 Å². The molecule has 0 saturated heterocycles. The van der Waals surface area contributed by atoms with Gasteiger partial charge in [0.1, 0.15) is 23.6 Å². The van der Waals surface area contributed by atoms with Gasteiger partial charge in [0.15, 0.2) is 0 Å². The van der Waals surface area contributed by atoms with Crippen LogP contribution < -0.4 is 0 Å². The molecule has 1 atom stereocenters. The number of ketones is 2. The van der Waals surface area contributed by atoms with E-state index in [0.717, 1.165) is 5.56 Å². The number of esters is 1. The van der Waals surface area contributed by atoms with Gasteiger partial charge in [0.05, 0.1) is 0 Å². The highest BCUT2D eigenvalue weighted by Crippen LogP contribution is 2.40. The number of hydrogen-bond donors (Lipinski definition) is 0. The van der Waals surface area contributed by atoms with E-state index in [1.165, 1.54) is 0 Å². The minimum Gasteiger partial charge on any atom is -0.460 e. The summed E-state index contributed by atoms with van der Waals surface area (Å²) >= 11 is 0. The summed E-state index contributed by atoms with van der Waals surface area (Å²) in [6, 6.07) is 9.39. The quantitative estimate of drug-likeness (QED) is 0.573. The zero-order chi connectivity index (χ0) is 16.0. The lowest BCUT2D eigenvalue weighted by Gasteiger charge is -2.24. The number of Topliss-reactive ketones (excluding diaryl/α,β-unsaturated/α-hetero) is 2. The van der Waals surface area contributed by atoms with Gasteiger partial charge < -0.3 is 4.74 Å². The van der Waals surface area contributed by atoms with Crippen LogP contribution in [0.3, 0.4) is 0 Å². The Labute approximate surface area is 130 Å². The molecule has 4 heteroatoms. The third-order valence-corrected chi connectivity index (χ3v) is 4.37. The van der Waals surface area contributed by atoms with Crippen LogP contribution in [0.1, 0.15) is 51.0 Å². The molecule has 0 aromatic heterocycles. The molecular weight excluding hydrogens is 280 g/mol. The molecule has 1 saturated carbocycles. The first-order valence-corrected chi connectivity index (χ1v) is 7.84. The Balaban J connectivity index is 2.03. The summed E-state index contributed by atoms with van der Waals surface area (Å²) in [6.07, 6.45) is 2.58. The maximum absolute atomic E-state index is 12.5. The molecule has 1 aromatic rings.